The molecule has 1 aromatic heterocycles. The maximum absolute atomic E-state index is 14.2. The van der Waals surface area contributed by atoms with Gasteiger partial charge in [0, 0.05) is 34.0 Å². The highest BCUT2D eigenvalue weighted by atomic mass is 35.5. The molecule has 1 unspecified atom stereocenters. The normalized spacial score (nSPS) is 17.6. The van der Waals surface area contributed by atoms with E-state index in [4.69, 9.17) is 21.2 Å². The summed E-state index contributed by atoms with van der Waals surface area (Å²) in [6.45, 7) is 5.31. The summed E-state index contributed by atoms with van der Waals surface area (Å²) >= 11 is 5.85. The van der Waals surface area contributed by atoms with E-state index >= 15 is 0 Å². The second-order valence-electron chi connectivity index (χ2n) is 8.29. The van der Waals surface area contributed by atoms with Crippen molar-refractivity contribution < 1.29 is 22.7 Å². The number of fused-ring (bicyclic) bond motifs is 1. The topological polar surface area (TPSA) is 63.7 Å². The number of hydrogen-bond donors (Lipinski definition) is 1. The first-order valence-electron chi connectivity index (χ1n) is 10.5. The van der Waals surface area contributed by atoms with Crippen LogP contribution in [-0.4, -0.2) is 17.4 Å². The van der Waals surface area contributed by atoms with Crippen molar-refractivity contribution in [1.29, 1.82) is 0 Å². The van der Waals surface area contributed by atoms with Crippen LogP contribution in [0.2, 0.25) is 5.02 Å². The van der Waals surface area contributed by atoms with Gasteiger partial charge in [-0.3, -0.25) is 4.79 Å². The first-order chi connectivity index (χ1) is 16.0. The highest BCUT2D eigenvalue weighted by Gasteiger charge is 2.61. The smallest absolute Gasteiger partial charge is 0.432 e. The number of aromatic nitrogens is 1. The van der Waals surface area contributed by atoms with Gasteiger partial charge in [-0.1, -0.05) is 28.9 Å². The molecule has 1 N–H and O–H groups in total. The number of aromatic amines is 1. The number of H-pyrrole nitrogens is 1. The zero-order chi connectivity index (χ0) is 24.7. The minimum atomic E-state index is -4.64. The van der Waals surface area contributed by atoms with E-state index in [0.717, 1.165) is 5.69 Å². The summed E-state index contributed by atoms with van der Waals surface area (Å²) in [5.74, 6) is 0.155. The van der Waals surface area contributed by atoms with Gasteiger partial charge in [0.1, 0.15) is 12.4 Å². The number of hydrogen-bond acceptors (Lipinski definition) is 4. The van der Waals surface area contributed by atoms with Crippen molar-refractivity contribution in [2.45, 2.75) is 45.6 Å². The molecule has 34 heavy (non-hydrogen) atoms. The lowest BCUT2D eigenvalue weighted by Gasteiger charge is -2.31. The molecule has 0 radical (unpaired) electrons. The Morgan fingerprint density at radius 3 is 2.53 bits per heavy atom. The molecule has 2 heterocycles. The molecule has 0 saturated carbocycles. The van der Waals surface area contributed by atoms with E-state index in [1.54, 1.807) is 26.0 Å². The number of alkyl halides is 3. The predicted octanol–water partition coefficient (Wildman–Crippen LogP) is 5.90. The molecular formula is C25H22ClF3N2O3. The number of benzene rings is 2. The molecular weight excluding hydrogens is 469 g/mol. The van der Waals surface area contributed by atoms with Crippen molar-refractivity contribution in [1.82, 2.24) is 4.98 Å². The van der Waals surface area contributed by atoms with E-state index in [1.807, 2.05) is 6.92 Å². The van der Waals surface area contributed by atoms with Crippen molar-refractivity contribution in [2.24, 2.45) is 5.16 Å². The highest BCUT2D eigenvalue weighted by Crippen LogP contribution is 2.51. The summed E-state index contributed by atoms with van der Waals surface area (Å²) < 4.78 is 48.0. The number of nitrogens with zero attached hydrogens (tertiary/aromatic N) is 1. The van der Waals surface area contributed by atoms with Crippen molar-refractivity contribution in [3.8, 4) is 5.75 Å². The molecule has 0 aliphatic carbocycles. The molecule has 0 saturated heterocycles. The number of rotatable bonds is 5. The Hall–Kier alpha value is -3.26. The molecule has 5 nitrogen and oxygen atoms in total. The molecule has 9 heteroatoms. The second kappa shape index (κ2) is 8.83. The van der Waals surface area contributed by atoms with E-state index in [-0.39, 0.29) is 29.8 Å². The predicted molar refractivity (Wildman–Crippen MR) is 124 cm³/mol. The molecule has 1 aliphatic heterocycles. The molecule has 1 atom stereocenters. The van der Waals surface area contributed by atoms with E-state index in [9.17, 15) is 18.0 Å². The van der Waals surface area contributed by atoms with Crippen LogP contribution in [-0.2, 0) is 23.5 Å². The summed E-state index contributed by atoms with van der Waals surface area (Å²) in [5, 5.41) is 4.23. The van der Waals surface area contributed by atoms with Gasteiger partial charge in [0.15, 0.2) is 5.43 Å². The SMILES string of the molecule is Cc1[nH]c(C)c(CO/N=C/c2ccc3c(c2)CC(c2ccc(Cl)cc2)(C(F)(F)F)O3)c(=O)c1C. The third-order valence-electron chi connectivity index (χ3n) is 6.07. The van der Waals surface area contributed by atoms with Crippen LogP contribution >= 0.6 is 11.6 Å². The van der Waals surface area contributed by atoms with Crippen LogP contribution in [0.5, 0.6) is 5.75 Å². The van der Waals surface area contributed by atoms with Gasteiger partial charge in [-0.05, 0) is 62.2 Å². The summed E-state index contributed by atoms with van der Waals surface area (Å²) in [6.07, 6.45) is -3.64. The average molecular weight is 491 g/mol. The lowest BCUT2D eigenvalue weighted by molar-refractivity contribution is -0.248. The van der Waals surface area contributed by atoms with Gasteiger partial charge in [-0.15, -0.1) is 0 Å². The fourth-order valence-corrected chi connectivity index (χ4v) is 4.13. The molecule has 0 fully saturated rings. The van der Waals surface area contributed by atoms with Crippen LogP contribution < -0.4 is 10.2 Å². The summed E-state index contributed by atoms with van der Waals surface area (Å²) in [5.41, 5.74) is 0.902. The molecule has 2 aromatic carbocycles. The van der Waals surface area contributed by atoms with Crippen molar-refractivity contribution in [3.63, 3.8) is 0 Å². The third kappa shape index (κ3) is 4.30. The number of oxime groups is 1. The fraction of sp³-hybridized carbons (Fsp3) is 0.280. The molecule has 0 amide bonds. The zero-order valence-electron chi connectivity index (χ0n) is 18.7. The monoisotopic (exact) mass is 490 g/mol. The van der Waals surface area contributed by atoms with Crippen molar-refractivity contribution in [2.75, 3.05) is 0 Å². The summed E-state index contributed by atoms with van der Waals surface area (Å²) in [7, 11) is 0. The quantitative estimate of drug-likeness (QED) is 0.358. The maximum Gasteiger partial charge on any atom is 0.432 e. The minimum absolute atomic E-state index is 0.0202. The van der Waals surface area contributed by atoms with Gasteiger partial charge in [-0.2, -0.15) is 13.2 Å². The van der Waals surface area contributed by atoms with Crippen molar-refractivity contribution in [3.05, 3.63) is 96.9 Å². The van der Waals surface area contributed by atoms with Crippen LogP contribution in [0.1, 0.15) is 39.2 Å². The van der Waals surface area contributed by atoms with Crippen LogP contribution in [0.15, 0.2) is 52.4 Å². The second-order valence-corrected chi connectivity index (χ2v) is 8.73. The summed E-state index contributed by atoms with van der Waals surface area (Å²) in [6, 6.07) is 10.1. The van der Waals surface area contributed by atoms with Crippen LogP contribution in [0.4, 0.5) is 13.2 Å². The largest absolute Gasteiger partial charge is 0.472 e. The van der Waals surface area contributed by atoms with Gasteiger partial charge in [-0.25, -0.2) is 0 Å². The number of aryl methyl sites for hydroxylation is 2. The van der Waals surface area contributed by atoms with E-state index < -0.39 is 11.8 Å². The minimum Gasteiger partial charge on any atom is -0.472 e. The summed E-state index contributed by atoms with van der Waals surface area (Å²) in [4.78, 5) is 20.8. The standard InChI is InChI=1S/C25H22ClF3N2O3/c1-14-15(2)31-16(3)21(23(14)32)13-33-30-12-17-4-9-22-18(10-17)11-24(34-22,25(27,28)29)19-5-7-20(26)8-6-19/h4-10,12H,11,13H2,1-3H3,(H,31,32)/b30-12+. The van der Waals surface area contributed by atoms with Crippen molar-refractivity contribution >= 4 is 17.8 Å². The van der Waals surface area contributed by atoms with Gasteiger partial charge in [0.25, 0.3) is 0 Å². The molecule has 178 valence electrons. The average Bonchev–Trinajstić information content (AvgIpc) is 3.18. The van der Waals surface area contributed by atoms with Crippen LogP contribution in [0, 0.1) is 20.8 Å². The first kappa shape index (κ1) is 23.9. The zero-order valence-corrected chi connectivity index (χ0v) is 19.5. The molecule has 0 spiro atoms. The van der Waals surface area contributed by atoms with Gasteiger partial charge < -0.3 is 14.6 Å². The molecule has 0 bridgehead atoms. The fourth-order valence-electron chi connectivity index (χ4n) is 4.00. The van der Waals surface area contributed by atoms with E-state index in [1.165, 1.54) is 36.5 Å². The number of halogens is 4. The first-order valence-corrected chi connectivity index (χ1v) is 10.9. The van der Waals surface area contributed by atoms with Gasteiger partial charge >= 0.3 is 6.18 Å². The molecule has 3 aromatic rings. The number of pyridine rings is 1. The maximum atomic E-state index is 14.2. The van der Waals surface area contributed by atoms with Gasteiger partial charge in [0.2, 0.25) is 5.60 Å². The Bertz CT molecular complexity index is 1320. The lowest BCUT2D eigenvalue weighted by Crippen LogP contribution is -2.46. The van der Waals surface area contributed by atoms with E-state index in [0.29, 0.717) is 33.0 Å². The van der Waals surface area contributed by atoms with Crippen LogP contribution in [0.3, 0.4) is 0 Å². The van der Waals surface area contributed by atoms with Gasteiger partial charge in [0.05, 0.1) is 11.8 Å². The Morgan fingerprint density at radius 1 is 1.15 bits per heavy atom. The Balaban J connectivity index is 1.53. The molecule has 1 aliphatic rings. The molecule has 4 rings (SSSR count). The highest BCUT2D eigenvalue weighted by molar-refractivity contribution is 6.30. The number of nitrogens with one attached hydrogen (secondary N) is 1. The Labute approximate surface area is 199 Å². The third-order valence-corrected chi connectivity index (χ3v) is 6.32. The Kier molecular flexibility index (Phi) is 6.20. The van der Waals surface area contributed by atoms with Crippen LogP contribution in [0.25, 0.3) is 0 Å². The van der Waals surface area contributed by atoms with E-state index in [2.05, 4.69) is 10.1 Å². The number of ether oxygens (including phenoxy) is 1. The lowest BCUT2D eigenvalue weighted by atomic mass is 9.88. The Morgan fingerprint density at radius 2 is 1.85 bits per heavy atom.